The van der Waals surface area contributed by atoms with E-state index in [1.54, 1.807) is 14.1 Å². The Morgan fingerprint density at radius 2 is 1.39 bits per heavy atom. The first-order valence-corrected chi connectivity index (χ1v) is 6.04. The van der Waals surface area contributed by atoms with Crippen molar-refractivity contribution < 1.29 is 30.1 Å². The maximum atomic E-state index is 12.1. The molecule has 0 spiro atoms. The topological polar surface area (TPSA) is 3.24 Å². The molecule has 112 valence electrons. The molecule has 0 unspecified atom stereocenters. The SMILES string of the molecule is CC(C)(CC[N+](C)(C)CCC(F)(F)F)N(Cl)Cl.[Cl-]. The molecular weight excluding hydrogens is 311 g/mol. The van der Waals surface area contributed by atoms with E-state index in [-0.39, 0.29) is 19.0 Å². The van der Waals surface area contributed by atoms with Crippen LogP contribution in [0.15, 0.2) is 0 Å². The molecule has 0 bridgehead atoms. The van der Waals surface area contributed by atoms with E-state index in [0.717, 1.165) is 3.94 Å². The average molecular weight is 332 g/mol. The Hall–Kier alpha value is 0.580. The Morgan fingerprint density at radius 1 is 1.00 bits per heavy atom. The number of alkyl halides is 3. The second-order valence-electron chi connectivity index (χ2n) is 5.54. The van der Waals surface area contributed by atoms with Gasteiger partial charge in [0.1, 0.15) is 0 Å². The summed E-state index contributed by atoms with van der Waals surface area (Å²) in [6, 6.07) is 0. The van der Waals surface area contributed by atoms with Crippen molar-refractivity contribution in [1.82, 2.24) is 3.94 Å². The van der Waals surface area contributed by atoms with Gasteiger partial charge in [0.05, 0.1) is 39.1 Å². The van der Waals surface area contributed by atoms with Crippen LogP contribution in [0, 0.1) is 0 Å². The minimum atomic E-state index is -4.10. The van der Waals surface area contributed by atoms with Crippen LogP contribution in [0.1, 0.15) is 26.7 Å². The molecule has 0 fully saturated rings. The highest BCUT2D eigenvalue weighted by atomic mass is 35.5. The van der Waals surface area contributed by atoms with E-state index in [4.69, 9.17) is 23.6 Å². The van der Waals surface area contributed by atoms with Crippen molar-refractivity contribution >= 4 is 23.6 Å². The van der Waals surface area contributed by atoms with Crippen LogP contribution < -0.4 is 12.4 Å². The van der Waals surface area contributed by atoms with Gasteiger partial charge in [-0.3, -0.25) is 0 Å². The zero-order valence-corrected chi connectivity index (χ0v) is 13.3. The van der Waals surface area contributed by atoms with E-state index in [2.05, 4.69) is 0 Å². The molecule has 0 amide bonds. The maximum Gasteiger partial charge on any atom is 0.394 e. The molecule has 0 aliphatic heterocycles. The molecule has 0 saturated heterocycles. The van der Waals surface area contributed by atoms with E-state index >= 15 is 0 Å². The number of rotatable bonds is 6. The fraction of sp³-hybridized carbons (Fsp3) is 1.00. The van der Waals surface area contributed by atoms with Crippen LogP contribution in [0.4, 0.5) is 13.2 Å². The smallest absolute Gasteiger partial charge is 0.394 e. The molecule has 18 heavy (non-hydrogen) atoms. The summed E-state index contributed by atoms with van der Waals surface area (Å²) < 4.78 is 37.7. The molecule has 2 nitrogen and oxygen atoms in total. The average Bonchev–Trinajstić information content (AvgIpc) is 2.11. The predicted molar refractivity (Wildman–Crippen MR) is 64.8 cm³/mol. The van der Waals surface area contributed by atoms with Crippen molar-refractivity contribution in [2.75, 3.05) is 27.2 Å². The fourth-order valence-electron chi connectivity index (χ4n) is 1.20. The van der Waals surface area contributed by atoms with E-state index in [9.17, 15) is 13.2 Å². The van der Waals surface area contributed by atoms with Gasteiger partial charge in [0, 0.05) is 6.42 Å². The summed E-state index contributed by atoms with van der Waals surface area (Å²) in [6.07, 6.45) is -4.26. The number of hydrogen-bond acceptors (Lipinski definition) is 1. The van der Waals surface area contributed by atoms with Crippen LogP contribution in [-0.2, 0) is 0 Å². The maximum absolute atomic E-state index is 12.1. The summed E-state index contributed by atoms with van der Waals surface area (Å²) in [5, 5.41) is 0. The Bertz CT molecular complexity index is 243. The third-order valence-electron chi connectivity index (χ3n) is 2.79. The number of nitrogens with zero attached hydrogens (tertiary/aromatic N) is 2. The molecule has 0 aliphatic rings. The first-order valence-electron chi connectivity index (χ1n) is 5.36. The van der Waals surface area contributed by atoms with Crippen LogP contribution in [-0.4, -0.2) is 47.3 Å². The molecule has 8 heteroatoms. The molecule has 0 aromatic rings. The third-order valence-corrected chi connectivity index (χ3v) is 3.70. The Morgan fingerprint density at radius 3 is 1.72 bits per heavy atom. The Labute approximate surface area is 123 Å². The molecule has 0 radical (unpaired) electrons. The van der Waals surface area contributed by atoms with E-state index in [1.165, 1.54) is 0 Å². The lowest BCUT2D eigenvalue weighted by atomic mass is 10.0. The van der Waals surface area contributed by atoms with Gasteiger partial charge in [0.2, 0.25) is 0 Å². The highest BCUT2D eigenvalue weighted by molar-refractivity contribution is 6.34. The molecule has 0 saturated carbocycles. The number of hydrogen-bond donors (Lipinski definition) is 0. The van der Waals surface area contributed by atoms with E-state index < -0.39 is 18.1 Å². The quantitative estimate of drug-likeness (QED) is 0.514. The first-order chi connectivity index (χ1) is 7.36. The fourth-order valence-corrected chi connectivity index (χ4v) is 1.37. The Balaban J connectivity index is 0. The van der Waals surface area contributed by atoms with Gasteiger partial charge in [-0.15, -0.1) is 3.94 Å². The number of quaternary nitrogens is 1. The summed E-state index contributed by atoms with van der Waals surface area (Å²) in [5.74, 6) is 0. The van der Waals surface area contributed by atoms with Crippen molar-refractivity contribution in [3.63, 3.8) is 0 Å². The lowest BCUT2D eigenvalue weighted by Gasteiger charge is -2.35. The zero-order valence-electron chi connectivity index (χ0n) is 11.0. The van der Waals surface area contributed by atoms with Crippen molar-refractivity contribution in [2.24, 2.45) is 0 Å². The lowest BCUT2D eigenvalue weighted by Crippen LogP contribution is -3.00. The van der Waals surface area contributed by atoms with Crippen LogP contribution in [0.3, 0.4) is 0 Å². The van der Waals surface area contributed by atoms with Crippen molar-refractivity contribution in [1.29, 1.82) is 0 Å². The second-order valence-corrected chi connectivity index (χ2v) is 6.39. The largest absolute Gasteiger partial charge is 1.00 e. The highest BCUT2D eigenvalue weighted by Gasteiger charge is 2.33. The number of halogens is 6. The molecule has 0 atom stereocenters. The van der Waals surface area contributed by atoms with Crippen molar-refractivity contribution in [2.45, 2.75) is 38.4 Å². The minimum absolute atomic E-state index is 0. The Kier molecular flexibility index (Phi) is 8.57. The van der Waals surface area contributed by atoms with Crippen LogP contribution in [0.5, 0.6) is 0 Å². The van der Waals surface area contributed by atoms with Gasteiger partial charge in [-0.25, -0.2) is 0 Å². The molecule has 0 aromatic heterocycles. The minimum Gasteiger partial charge on any atom is -1.00 e. The van der Waals surface area contributed by atoms with E-state index in [0.29, 0.717) is 17.4 Å². The van der Waals surface area contributed by atoms with Gasteiger partial charge < -0.3 is 16.9 Å². The summed E-state index contributed by atoms with van der Waals surface area (Å²) in [4.78, 5) is 0. The van der Waals surface area contributed by atoms with Gasteiger partial charge in [0.15, 0.2) is 0 Å². The predicted octanol–water partition coefficient (Wildman–Crippen LogP) is 0.797. The van der Waals surface area contributed by atoms with Crippen molar-refractivity contribution in [3.8, 4) is 0 Å². The second kappa shape index (κ2) is 7.39. The summed E-state index contributed by atoms with van der Waals surface area (Å²) in [5.41, 5.74) is -0.448. The molecule has 0 heterocycles. The first kappa shape index (κ1) is 20.9. The summed E-state index contributed by atoms with van der Waals surface area (Å²) in [7, 11) is 3.54. The highest BCUT2D eigenvalue weighted by Crippen LogP contribution is 2.26. The van der Waals surface area contributed by atoms with Gasteiger partial charge in [0.25, 0.3) is 0 Å². The molecular formula is C10H20Cl3F3N2. The lowest BCUT2D eigenvalue weighted by molar-refractivity contribution is -0.892. The van der Waals surface area contributed by atoms with Gasteiger partial charge >= 0.3 is 6.18 Å². The normalized spacial score (nSPS) is 13.7. The van der Waals surface area contributed by atoms with Gasteiger partial charge in [-0.1, -0.05) is 0 Å². The third kappa shape index (κ3) is 9.50. The molecule has 0 rings (SSSR count). The molecule has 0 N–H and O–H groups in total. The van der Waals surface area contributed by atoms with Crippen LogP contribution in [0.2, 0.25) is 0 Å². The summed E-state index contributed by atoms with van der Waals surface area (Å²) >= 11 is 11.3. The standard InChI is InChI=1S/C10H20Cl2F3N2.ClH/c1-9(2,16(11)12)5-7-17(3,4)8-6-10(13,14)15;/h5-8H2,1-4H3;1H/q+1;/p-1. The molecule has 0 aromatic carbocycles. The molecule has 0 aliphatic carbocycles. The zero-order chi connectivity index (χ0) is 13.9. The summed E-state index contributed by atoms with van der Waals surface area (Å²) in [6.45, 7) is 4.33. The van der Waals surface area contributed by atoms with E-state index in [1.807, 2.05) is 13.8 Å². The monoisotopic (exact) mass is 330 g/mol. The van der Waals surface area contributed by atoms with Crippen molar-refractivity contribution in [3.05, 3.63) is 0 Å². The van der Waals surface area contributed by atoms with Gasteiger partial charge in [-0.05, 0) is 37.4 Å². The van der Waals surface area contributed by atoms with Crippen LogP contribution >= 0.6 is 23.6 Å². The van der Waals surface area contributed by atoms with Crippen LogP contribution in [0.25, 0.3) is 0 Å². The van der Waals surface area contributed by atoms with Gasteiger partial charge in [-0.2, -0.15) is 13.2 Å².